The Morgan fingerprint density at radius 2 is 1.53 bits per heavy atom. The van der Waals surface area contributed by atoms with Gasteiger partial charge in [0.05, 0.1) is 0 Å². The van der Waals surface area contributed by atoms with Crippen molar-refractivity contribution >= 4 is 11.6 Å². The van der Waals surface area contributed by atoms with Crippen LogP contribution in [0.3, 0.4) is 0 Å². The molecule has 0 aliphatic carbocycles. The summed E-state index contributed by atoms with van der Waals surface area (Å²) in [6.45, 7) is 5.54. The molecule has 0 bridgehead atoms. The largest absolute Gasteiger partial charge is 0.294 e. The Balaban J connectivity index is 3.26. The maximum absolute atomic E-state index is 11.7. The van der Waals surface area contributed by atoms with Crippen LogP contribution in [0, 0.1) is 6.92 Å². The van der Waals surface area contributed by atoms with Crippen molar-refractivity contribution in [1.82, 2.24) is 0 Å². The minimum absolute atomic E-state index is 0.0341. The van der Waals surface area contributed by atoms with Gasteiger partial charge in [0.2, 0.25) is 0 Å². The zero-order valence-corrected chi connectivity index (χ0v) is 9.46. The number of hydrogen-bond donors (Lipinski definition) is 0. The lowest BCUT2D eigenvalue weighted by Crippen LogP contribution is -2.08. The lowest BCUT2D eigenvalue weighted by atomic mass is 9.96. The first-order chi connectivity index (χ1) is 7.10. The molecule has 1 aromatic rings. The monoisotopic (exact) mass is 204 g/mol. The van der Waals surface area contributed by atoms with E-state index in [9.17, 15) is 9.59 Å². The van der Waals surface area contributed by atoms with Crippen LogP contribution in [0.1, 0.15) is 53.0 Å². The number of hydrogen-bond acceptors (Lipinski definition) is 2. The topological polar surface area (TPSA) is 34.1 Å². The summed E-state index contributed by atoms with van der Waals surface area (Å²) >= 11 is 0. The van der Waals surface area contributed by atoms with Crippen LogP contribution in [-0.4, -0.2) is 11.6 Å². The number of carbonyl (C=O) groups is 2. The molecule has 0 amide bonds. The Bertz CT molecular complexity index is 392. The van der Waals surface area contributed by atoms with E-state index in [0.717, 1.165) is 5.56 Å². The summed E-state index contributed by atoms with van der Waals surface area (Å²) in [6.07, 6.45) is 0.875. The highest BCUT2D eigenvalue weighted by Gasteiger charge is 2.14. The van der Waals surface area contributed by atoms with E-state index in [-0.39, 0.29) is 11.6 Å². The summed E-state index contributed by atoms with van der Waals surface area (Å²) < 4.78 is 0. The van der Waals surface area contributed by atoms with E-state index in [2.05, 4.69) is 0 Å². The maximum Gasteiger partial charge on any atom is 0.163 e. The summed E-state index contributed by atoms with van der Waals surface area (Å²) in [5.74, 6) is 0.0716. The normalized spacial score (nSPS) is 10.1. The molecule has 0 aromatic heterocycles. The van der Waals surface area contributed by atoms with Crippen molar-refractivity contribution in [2.45, 2.75) is 33.6 Å². The zero-order valence-electron chi connectivity index (χ0n) is 9.46. The molecular formula is C13H16O2. The molecule has 2 nitrogen and oxygen atoms in total. The van der Waals surface area contributed by atoms with Crippen LogP contribution in [0.15, 0.2) is 18.2 Å². The van der Waals surface area contributed by atoms with Crippen molar-refractivity contribution in [1.29, 1.82) is 0 Å². The Morgan fingerprint density at radius 3 is 2.07 bits per heavy atom. The lowest BCUT2D eigenvalue weighted by Gasteiger charge is -2.06. The average Bonchev–Trinajstić information content (AvgIpc) is 2.26. The average molecular weight is 204 g/mol. The molecule has 1 rings (SSSR count). The smallest absolute Gasteiger partial charge is 0.163 e. The van der Waals surface area contributed by atoms with E-state index in [1.807, 2.05) is 26.8 Å². The molecule has 0 unspecified atom stereocenters. The predicted octanol–water partition coefficient (Wildman–Crippen LogP) is 3.18. The van der Waals surface area contributed by atoms with E-state index < -0.39 is 0 Å². The molecule has 0 atom stereocenters. The van der Waals surface area contributed by atoms with Gasteiger partial charge in [0, 0.05) is 24.0 Å². The SMILES string of the molecule is CCC(=O)c1ccc(C)cc1C(=O)CC. The minimum Gasteiger partial charge on any atom is -0.294 e. The molecule has 0 N–H and O–H groups in total. The summed E-state index contributed by atoms with van der Waals surface area (Å²) in [5, 5.41) is 0. The van der Waals surface area contributed by atoms with Crippen molar-refractivity contribution in [3.8, 4) is 0 Å². The molecule has 0 heterocycles. The van der Waals surface area contributed by atoms with Gasteiger partial charge in [0.1, 0.15) is 0 Å². The third-order valence-corrected chi connectivity index (χ3v) is 2.42. The summed E-state index contributed by atoms with van der Waals surface area (Å²) in [6, 6.07) is 5.42. The first-order valence-electron chi connectivity index (χ1n) is 5.27. The van der Waals surface area contributed by atoms with Gasteiger partial charge in [-0.05, 0) is 13.0 Å². The van der Waals surface area contributed by atoms with Gasteiger partial charge < -0.3 is 0 Å². The van der Waals surface area contributed by atoms with Crippen molar-refractivity contribution in [3.05, 3.63) is 34.9 Å². The predicted molar refractivity (Wildman–Crippen MR) is 60.4 cm³/mol. The van der Waals surface area contributed by atoms with Crippen molar-refractivity contribution in [2.24, 2.45) is 0 Å². The second-order valence-electron chi connectivity index (χ2n) is 3.60. The Kier molecular flexibility index (Phi) is 3.78. The number of aryl methyl sites for hydroxylation is 1. The van der Waals surface area contributed by atoms with Gasteiger partial charge in [-0.25, -0.2) is 0 Å². The van der Waals surface area contributed by atoms with Crippen molar-refractivity contribution in [3.63, 3.8) is 0 Å². The third kappa shape index (κ3) is 2.52. The number of rotatable bonds is 4. The second kappa shape index (κ2) is 4.87. The molecule has 0 aliphatic heterocycles. The van der Waals surface area contributed by atoms with Crippen molar-refractivity contribution < 1.29 is 9.59 Å². The van der Waals surface area contributed by atoms with Crippen LogP contribution in [0.4, 0.5) is 0 Å². The fourth-order valence-corrected chi connectivity index (χ4v) is 1.51. The maximum atomic E-state index is 11.7. The van der Waals surface area contributed by atoms with Crippen LogP contribution in [-0.2, 0) is 0 Å². The first-order valence-corrected chi connectivity index (χ1v) is 5.27. The van der Waals surface area contributed by atoms with Gasteiger partial charge in [-0.15, -0.1) is 0 Å². The summed E-state index contributed by atoms with van der Waals surface area (Å²) in [5.41, 5.74) is 2.15. The molecule has 2 heteroatoms. The second-order valence-corrected chi connectivity index (χ2v) is 3.60. The van der Waals surface area contributed by atoms with Gasteiger partial charge in [0.15, 0.2) is 11.6 Å². The summed E-state index contributed by atoms with van der Waals surface area (Å²) in [7, 11) is 0. The number of ketones is 2. The van der Waals surface area contributed by atoms with Crippen LogP contribution >= 0.6 is 0 Å². The number of benzene rings is 1. The first kappa shape index (κ1) is 11.6. The van der Waals surface area contributed by atoms with Crippen molar-refractivity contribution in [2.75, 3.05) is 0 Å². The molecule has 0 saturated heterocycles. The van der Waals surface area contributed by atoms with E-state index in [1.54, 1.807) is 12.1 Å². The van der Waals surface area contributed by atoms with Crippen LogP contribution in [0.25, 0.3) is 0 Å². The van der Waals surface area contributed by atoms with Gasteiger partial charge in [-0.2, -0.15) is 0 Å². The highest BCUT2D eigenvalue weighted by atomic mass is 16.1. The van der Waals surface area contributed by atoms with Gasteiger partial charge in [-0.1, -0.05) is 31.5 Å². The number of Topliss-reactive ketones (excluding diaryl/α,β-unsaturated/α-hetero) is 2. The van der Waals surface area contributed by atoms with Gasteiger partial charge in [-0.3, -0.25) is 9.59 Å². The van der Waals surface area contributed by atoms with Crippen LogP contribution in [0.5, 0.6) is 0 Å². The molecule has 0 aliphatic rings. The Hall–Kier alpha value is -1.44. The molecule has 0 spiro atoms. The van der Waals surface area contributed by atoms with E-state index >= 15 is 0 Å². The molecular weight excluding hydrogens is 188 g/mol. The van der Waals surface area contributed by atoms with Crippen LogP contribution < -0.4 is 0 Å². The molecule has 80 valence electrons. The van der Waals surface area contributed by atoms with Crippen LogP contribution in [0.2, 0.25) is 0 Å². The van der Waals surface area contributed by atoms with Gasteiger partial charge >= 0.3 is 0 Å². The quantitative estimate of drug-likeness (QED) is 0.706. The van der Waals surface area contributed by atoms with Gasteiger partial charge in [0.25, 0.3) is 0 Å². The lowest BCUT2D eigenvalue weighted by molar-refractivity contribution is 0.0955. The highest BCUT2D eigenvalue weighted by molar-refractivity contribution is 6.08. The highest BCUT2D eigenvalue weighted by Crippen LogP contribution is 2.15. The van der Waals surface area contributed by atoms with E-state index in [1.165, 1.54) is 0 Å². The fourth-order valence-electron chi connectivity index (χ4n) is 1.51. The minimum atomic E-state index is 0.0341. The zero-order chi connectivity index (χ0) is 11.4. The Morgan fingerprint density at radius 1 is 1.00 bits per heavy atom. The summed E-state index contributed by atoms with van der Waals surface area (Å²) in [4.78, 5) is 23.3. The van der Waals surface area contributed by atoms with E-state index in [4.69, 9.17) is 0 Å². The standard InChI is InChI=1S/C13H16O2/c1-4-12(14)10-7-6-9(3)8-11(10)13(15)5-2/h6-8H,4-5H2,1-3H3. The number of carbonyl (C=O) groups excluding carboxylic acids is 2. The molecule has 0 radical (unpaired) electrons. The fraction of sp³-hybridized carbons (Fsp3) is 0.385. The molecule has 0 fully saturated rings. The molecule has 1 aromatic carbocycles. The molecule has 0 saturated carbocycles. The Labute approximate surface area is 90.3 Å². The third-order valence-electron chi connectivity index (χ3n) is 2.42. The molecule has 15 heavy (non-hydrogen) atoms. The van der Waals surface area contributed by atoms with E-state index in [0.29, 0.717) is 24.0 Å².